The molecule has 3 rings (SSSR count). The van der Waals surface area contributed by atoms with E-state index in [9.17, 15) is 5.11 Å². The van der Waals surface area contributed by atoms with Crippen LogP contribution in [0.2, 0.25) is 0 Å². The molecule has 0 bridgehead atoms. The topological polar surface area (TPSA) is 39.6 Å². The first-order chi connectivity index (χ1) is 11.7. The van der Waals surface area contributed by atoms with Crippen molar-refractivity contribution in [1.29, 1.82) is 0 Å². The van der Waals surface area contributed by atoms with Crippen LogP contribution in [-0.4, -0.2) is 58.7 Å². The number of fused-ring (bicyclic) bond motifs is 1. The fourth-order valence-corrected chi connectivity index (χ4v) is 5.34. The van der Waals surface area contributed by atoms with Crippen molar-refractivity contribution in [1.82, 2.24) is 14.8 Å². The standard InChI is InChI=1S/C19H33N3OS/c1-3-4-5-9-21-11-7-18-19(14-21,15-23)8-6-10-22(18)12-17-13-24-16(2)20-17/h13,18,23H,3-12,14-15H2,1-2H3/t18-,19-/m0/s1. The number of hydrogen-bond donors (Lipinski definition) is 1. The maximum atomic E-state index is 10.3. The molecule has 0 amide bonds. The highest BCUT2D eigenvalue weighted by atomic mass is 32.1. The van der Waals surface area contributed by atoms with Gasteiger partial charge in [0, 0.05) is 29.9 Å². The summed E-state index contributed by atoms with van der Waals surface area (Å²) in [5, 5.41) is 13.6. The van der Waals surface area contributed by atoms with Gasteiger partial charge < -0.3 is 10.0 Å². The maximum absolute atomic E-state index is 10.3. The quantitative estimate of drug-likeness (QED) is 0.765. The summed E-state index contributed by atoms with van der Waals surface area (Å²) in [7, 11) is 0. The van der Waals surface area contributed by atoms with Crippen molar-refractivity contribution < 1.29 is 5.11 Å². The third kappa shape index (κ3) is 4.01. The van der Waals surface area contributed by atoms with Gasteiger partial charge in [0.25, 0.3) is 0 Å². The monoisotopic (exact) mass is 351 g/mol. The highest BCUT2D eigenvalue weighted by Crippen LogP contribution is 2.41. The summed E-state index contributed by atoms with van der Waals surface area (Å²) in [6.07, 6.45) is 7.46. The minimum absolute atomic E-state index is 0.0772. The second kappa shape index (κ2) is 8.26. The first-order valence-corrected chi connectivity index (χ1v) is 10.5. The smallest absolute Gasteiger partial charge is 0.0897 e. The van der Waals surface area contributed by atoms with E-state index >= 15 is 0 Å². The Morgan fingerprint density at radius 2 is 2.25 bits per heavy atom. The van der Waals surface area contributed by atoms with Crippen LogP contribution >= 0.6 is 11.3 Å². The Labute approximate surface area is 150 Å². The zero-order valence-corrected chi connectivity index (χ0v) is 16.2. The van der Waals surface area contributed by atoms with E-state index in [0.717, 1.165) is 24.6 Å². The summed E-state index contributed by atoms with van der Waals surface area (Å²) in [5.74, 6) is 0. The Bertz CT molecular complexity index is 520. The molecule has 2 fully saturated rings. The summed E-state index contributed by atoms with van der Waals surface area (Å²) >= 11 is 1.74. The van der Waals surface area contributed by atoms with Crippen molar-refractivity contribution in [3.05, 3.63) is 16.1 Å². The van der Waals surface area contributed by atoms with Gasteiger partial charge in [-0.3, -0.25) is 4.90 Å². The Kier molecular flexibility index (Phi) is 6.30. The van der Waals surface area contributed by atoms with E-state index in [1.54, 1.807) is 11.3 Å². The van der Waals surface area contributed by atoms with Crippen LogP contribution in [0.15, 0.2) is 5.38 Å². The van der Waals surface area contributed by atoms with Gasteiger partial charge in [0.2, 0.25) is 0 Å². The Morgan fingerprint density at radius 1 is 1.38 bits per heavy atom. The second-order valence-corrected chi connectivity index (χ2v) is 8.80. The van der Waals surface area contributed by atoms with Crippen molar-refractivity contribution in [2.75, 3.05) is 32.8 Å². The van der Waals surface area contributed by atoms with Crippen LogP contribution < -0.4 is 0 Å². The van der Waals surface area contributed by atoms with Crippen molar-refractivity contribution >= 4 is 11.3 Å². The minimum Gasteiger partial charge on any atom is -0.396 e. The van der Waals surface area contributed by atoms with E-state index in [1.165, 1.54) is 57.3 Å². The number of hydrogen-bond acceptors (Lipinski definition) is 5. The lowest BCUT2D eigenvalue weighted by Crippen LogP contribution is -2.62. The molecule has 1 aromatic heterocycles. The van der Waals surface area contributed by atoms with Crippen molar-refractivity contribution in [2.45, 2.75) is 65.0 Å². The Morgan fingerprint density at radius 3 is 2.96 bits per heavy atom. The summed E-state index contributed by atoms with van der Waals surface area (Å²) in [6, 6.07) is 0.515. The zero-order valence-electron chi connectivity index (χ0n) is 15.3. The number of rotatable bonds is 7. The Hall–Kier alpha value is -0.490. The van der Waals surface area contributed by atoms with Gasteiger partial charge in [0.15, 0.2) is 0 Å². The summed E-state index contributed by atoms with van der Waals surface area (Å²) in [4.78, 5) is 9.88. The molecule has 0 aromatic carbocycles. The van der Waals surface area contributed by atoms with Gasteiger partial charge in [-0.05, 0) is 52.2 Å². The second-order valence-electron chi connectivity index (χ2n) is 7.74. The fraction of sp³-hybridized carbons (Fsp3) is 0.842. The van der Waals surface area contributed by atoms with E-state index in [4.69, 9.17) is 0 Å². The average Bonchev–Trinajstić information content (AvgIpc) is 3.00. The number of likely N-dealkylation sites (tertiary alicyclic amines) is 2. The van der Waals surface area contributed by atoms with Gasteiger partial charge in [-0.15, -0.1) is 11.3 Å². The predicted molar refractivity (Wildman–Crippen MR) is 100 cm³/mol. The van der Waals surface area contributed by atoms with E-state index in [0.29, 0.717) is 12.6 Å². The van der Waals surface area contributed by atoms with Gasteiger partial charge in [-0.1, -0.05) is 19.8 Å². The molecule has 1 aromatic rings. The lowest BCUT2D eigenvalue weighted by Gasteiger charge is -2.54. The van der Waals surface area contributed by atoms with Crippen molar-refractivity contribution in [3.8, 4) is 0 Å². The lowest BCUT2D eigenvalue weighted by molar-refractivity contribution is -0.0818. The van der Waals surface area contributed by atoms with Gasteiger partial charge in [-0.25, -0.2) is 4.98 Å². The minimum atomic E-state index is 0.0772. The molecule has 0 unspecified atom stereocenters. The number of aliphatic hydroxyl groups is 1. The molecule has 4 nitrogen and oxygen atoms in total. The third-order valence-corrected chi connectivity index (χ3v) is 6.77. The van der Waals surface area contributed by atoms with Crippen LogP contribution in [0.4, 0.5) is 0 Å². The van der Waals surface area contributed by atoms with Crippen LogP contribution in [0.3, 0.4) is 0 Å². The summed E-state index contributed by atoms with van der Waals surface area (Å²) in [5.41, 5.74) is 1.28. The molecule has 1 N–H and O–H groups in total. The molecular weight excluding hydrogens is 318 g/mol. The molecule has 0 radical (unpaired) electrons. The maximum Gasteiger partial charge on any atom is 0.0897 e. The number of nitrogens with zero attached hydrogens (tertiary/aromatic N) is 3. The van der Waals surface area contributed by atoms with Crippen LogP contribution in [0, 0.1) is 12.3 Å². The fourth-order valence-electron chi connectivity index (χ4n) is 4.74. The largest absolute Gasteiger partial charge is 0.396 e. The first kappa shape index (κ1) is 18.3. The van der Waals surface area contributed by atoms with Crippen LogP contribution in [0.25, 0.3) is 0 Å². The zero-order chi connectivity index (χ0) is 17.0. The van der Waals surface area contributed by atoms with E-state index in [-0.39, 0.29) is 5.41 Å². The van der Waals surface area contributed by atoms with Gasteiger partial charge in [0.1, 0.15) is 0 Å². The molecular formula is C19H33N3OS. The first-order valence-electron chi connectivity index (χ1n) is 9.65. The van der Waals surface area contributed by atoms with Crippen molar-refractivity contribution in [3.63, 3.8) is 0 Å². The van der Waals surface area contributed by atoms with Crippen LogP contribution in [0.5, 0.6) is 0 Å². The number of aryl methyl sites for hydroxylation is 1. The molecule has 136 valence electrons. The van der Waals surface area contributed by atoms with Crippen LogP contribution in [-0.2, 0) is 6.54 Å². The molecule has 0 spiro atoms. The number of piperidine rings is 2. The van der Waals surface area contributed by atoms with E-state index < -0.39 is 0 Å². The molecule has 0 aliphatic carbocycles. The normalized spacial score (nSPS) is 28.9. The highest BCUT2D eigenvalue weighted by molar-refractivity contribution is 7.09. The number of aliphatic hydroxyl groups excluding tert-OH is 1. The molecule has 2 aliphatic rings. The Balaban J connectivity index is 1.66. The number of unbranched alkanes of at least 4 members (excludes halogenated alkanes) is 2. The molecule has 2 aliphatic heterocycles. The van der Waals surface area contributed by atoms with Gasteiger partial charge >= 0.3 is 0 Å². The van der Waals surface area contributed by atoms with Crippen molar-refractivity contribution in [2.24, 2.45) is 5.41 Å². The van der Waals surface area contributed by atoms with Crippen LogP contribution in [0.1, 0.15) is 56.2 Å². The molecule has 0 saturated carbocycles. The number of thiazole rings is 1. The predicted octanol–water partition coefficient (Wildman–Crippen LogP) is 3.29. The molecule has 2 atom stereocenters. The molecule has 3 heterocycles. The van der Waals surface area contributed by atoms with Gasteiger partial charge in [-0.2, -0.15) is 0 Å². The molecule has 2 saturated heterocycles. The highest BCUT2D eigenvalue weighted by Gasteiger charge is 2.47. The SMILES string of the molecule is CCCCCN1CC[C@@H]2N(Cc3csc(C)n3)CCC[C@@]2(CO)C1. The third-order valence-electron chi connectivity index (χ3n) is 5.95. The van der Waals surface area contributed by atoms with Gasteiger partial charge in [0.05, 0.1) is 17.3 Å². The number of aromatic nitrogens is 1. The molecule has 24 heavy (non-hydrogen) atoms. The molecule has 5 heteroatoms. The summed E-state index contributed by atoms with van der Waals surface area (Å²) < 4.78 is 0. The average molecular weight is 352 g/mol. The summed E-state index contributed by atoms with van der Waals surface area (Å²) in [6.45, 7) is 10.2. The lowest BCUT2D eigenvalue weighted by atomic mass is 9.69. The van der Waals surface area contributed by atoms with E-state index in [2.05, 4.69) is 34.0 Å². The van der Waals surface area contributed by atoms with E-state index in [1.807, 2.05) is 0 Å².